The maximum absolute atomic E-state index is 12.2. The van der Waals surface area contributed by atoms with Gasteiger partial charge in [0.2, 0.25) is 5.91 Å². The zero-order valence-electron chi connectivity index (χ0n) is 20.7. The van der Waals surface area contributed by atoms with Crippen molar-refractivity contribution in [1.29, 1.82) is 0 Å². The third-order valence-electron chi connectivity index (χ3n) is 6.11. The number of nitrogens with zero attached hydrogens (tertiary/aromatic N) is 1. The van der Waals surface area contributed by atoms with E-state index in [9.17, 15) is 14.7 Å². The minimum atomic E-state index is -1.27. The molecule has 2 aromatic carbocycles. The molecular weight excluding hydrogens is 586 g/mol. The molecule has 1 aliphatic heterocycles. The van der Waals surface area contributed by atoms with Crippen LogP contribution in [0, 0.1) is 25.3 Å². The number of phenolic OH excluding ortho intramolecular Hbond substituents is 1. The molecule has 36 heavy (non-hydrogen) atoms. The minimum absolute atomic E-state index is 0. The standard InChI is InChI=1S/C19H21N2O4P.C7H7.CH3.ClH.Rh/c1-12(22)21-19(14-8-4-6-10-16(14)24)26(3)18(20-21)15-9-5-7-11-17(15)25-13(2)23;1-2-7-4-3-6(1)5-7;;;/h4-11,18-20,24H,1-3H3;1-3,6-7H,5H2;1H3;1H;/q;2*-1;;+3/t18-,19-,26?;;;;/m0..../s1. The van der Waals surface area contributed by atoms with Gasteiger partial charge in [0, 0.05) is 13.8 Å². The van der Waals surface area contributed by atoms with E-state index in [1.807, 2.05) is 47.6 Å². The third kappa shape index (κ3) is 7.04. The summed E-state index contributed by atoms with van der Waals surface area (Å²) >= 11 is 2.02. The number of para-hydroxylation sites is 2. The molecule has 194 valence electrons. The molecule has 2 N–H and O–H groups in total. The number of benzene rings is 2. The maximum atomic E-state index is 12.2. The molecule has 5 rings (SSSR count). The zero-order valence-corrected chi connectivity index (χ0v) is 24.1. The number of carbonyl (C=O) groups is 2. The van der Waals surface area contributed by atoms with Crippen LogP contribution in [-0.4, -0.2) is 28.7 Å². The van der Waals surface area contributed by atoms with E-state index in [0.29, 0.717) is 11.7 Å². The number of nitrogens with one attached hydrogen (secondary N) is 1. The average Bonchev–Trinajstić information content (AvgIpc) is 3.58. The predicted octanol–water partition coefficient (Wildman–Crippen LogP) is 5.91. The summed E-state index contributed by atoms with van der Waals surface area (Å²) in [5.74, 6) is 1.19. The molecule has 2 aliphatic carbocycles. The first kappa shape index (κ1) is 30.2. The van der Waals surface area contributed by atoms with Gasteiger partial charge in [-0.15, -0.1) is 6.08 Å². The molecule has 0 radical (unpaired) electrons. The number of hydrazine groups is 1. The second-order valence-electron chi connectivity index (χ2n) is 8.51. The van der Waals surface area contributed by atoms with Crippen LogP contribution in [0.1, 0.15) is 43.0 Å². The summed E-state index contributed by atoms with van der Waals surface area (Å²) in [5.41, 5.74) is 4.83. The molecule has 2 bridgehead atoms. The molecule has 5 atom stereocenters. The van der Waals surface area contributed by atoms with Crippen LogP contribution in [-0.2, 0) is 26.9 Å². The van der Waals surface area contributed by atoms with Gasteiger partial charge < -0.3 is 23.3 Å². The van der Waals surface area contributed by atoms with E-state index >= 15 is 0 Å². The van der Waals surface area contributed by atoms with Gasteiger partial charge in [0.15, 0.2) is 11.6 Å². The first-order chi connectivity index (χ1) is 16.8. The van der Waals surface area contributed by atoms with E-state index in [-0.39, 0.29) is 36.6 Å². The van der Waals surface area contributed by atoms with Crippen molar-refractivity contribution in [1.82, 2.24) is 10.4 Å². The summed E-state index contributed by atoms with van der Waals surface area (Å²) in [6.45, 7) is 4.96. The number of hydrogen-bond acceptors (Lipinski definition) is 5. The Kier molecular flexibility index (Phi) is 11.8. The number of esters is 1. The van der Waals surface area contributed by atoms with Crippen molar-refractivity contribution in [2.24, 2.45) is 11.8 Å². The fourth-order valence-electron chi connectivity index (χ4n) is 4.56. The fraction of sp³-hybridized carbons (Fsp3) is 0.296. The Hall–Kier alpha value is -2.04. The van der Waals surface area contributed by atoms with Crippen molar-refractivity contribution in [3.05, 3.63) is 91.4 Å². The molecule has 0 saturated carbocycles. The van der Waals surface area contributed by atoms with Crippen LogP contribution in [0.3, 0.4) is 0 Å². The van der Waals surface area contributed by atoms with E-state index in [1.54, 1.807) is 23.2 Å². The van der Waals surface area contributed by atoms with Crippen molar-refractivity contribution in [2.75, 3.05) is 6.66 Å². The van der Waals surface area contributed by atoms with Crippen LogP contribution < -0.4 is 10.2 Å². The van der Waals surface area contributed by atoms with Gasteiger partial charge in [-0.05, 0) is 30.2 Å². The second kappa shape index (κ2) is 14.0. The monoisotopic (exact) mass is 617 g/mol. The predicted molar refractivity (Wildman–Crippen MR) is 142 cm³/mol. The summed E-state index contributed by atoms with van der Waals surface area (Å²) in [4.78, 5) is 23.7. The van der Waals surface area contributed by atoms with Gasteiger partial charge in [-0.1, -0.05) is 36.8 Å². The molecule has 9 heteroatoms. The molecule has 6 nitrogen and oxygen atoms in total. The fourth-order valence-corrected chi connectivity index (χ4v) is 7.34. The SMILES string of the molecule is CC(=O)Oc1ccccc1[C@H]1NN(C(C)=O)[C@H](c2ccccc2O)[PH+]1C.[C-]1=CC2C=CC1C2.[CH3-].[Cl][Rh+2]. The van der Waals surface area contributed by atoms with Crippen molar-refractivity contribution in [2.45, 2.75) is 31.8 Å². The van der Waals surface area contributed by atoms with Gasteiger partial charge in [-0.3, -0.25) is 15.7 Å². The molecule has 1 fully saturated rings. The number of halogens is 1. The topological polar surface area (TPSA) is 78.9 Å². The molecule has 1 saturated heterocycles. The van der Waals surface area contributed by atoms with Crippen LogP contribution in [0.5, 0.6) is 11.5 Å². The first-order valence-corrected chi connectivity index (χ1v) is 15.5. The number of carbonyl (C=O) groups excluding carboxylic acids is 2. The second-order valence-corrected chi connectivity index (χ2v) is 11.1. The number of ether oxygens (including phenoxy) is 1. The summed E-state index contributed by atoms with van der Waals surface area (Å²) in [7, 11) is 3.26. The number of hydrogen-bond donors (Lipinski definition) is 2. The molecular formula is C27H32ClN2O4PRh+. The van der Waals surface area contributed by atoms with Crippen LogP contribution in [0.4, 0.5) is 0 Å². The number of amides is 1. The summed E-state index contributed by atoms with van der Waals surface area (Å²) in [6.07, 6.45) is 11.2. The van der Waals surface area contributed by atoms with Crippen LogP contribution >= 0.6 is 17.6 Å². The molecule has 2 aromatic rings. The van der Waals surface area contributed by atoms with Crippen LogP contribution in [0.25, 0.3) is 0 Å². The van der Waals surface area contributed by atoms with Crippen molar-refractivity contribution >= 4 is 29.5 Å². The molecule has 3 aliphatic rings. The summed E-state index contributed by atoms with van der Waals surface area (Å²) < 4.78 is 5.35. The van der Waals surface area contributed by atoms with Crippen LogP contribution in [0.2, 0.25) is 0 Å². The Bertz CT molecular complexity index is 1080. The quantitative estimate of drug-likeness (QED) is 0.112. The van der Waals surface area contributed by atoms with E-state index in [4.69, 9.17) is 4.74 Å². The van der Waals surface area contributed by atoms with Crippen molar-refractivity contribution < 1.29 is 36.7 Å². The summed E-state index contributed by atoms with van der Waals surface area (Å²) in [5, 5.41) is 11.9. The molecule has 1 amide bonds. The number of fused-ring (bicyclic) bond motifs is 2. The molecule has 3 unspecified atom stereocenters. The van der Waals surface area contributed by atoms with Gasteiger partial charge in [0.1, 0.15) is 11.5 Å². The third-order valence-corrected chi connectivity index (χ3v) is 8.89. The van der Waals surface area contributed by atoms with E-state index < -0.39 is 7.92 Å². The zero-order chi connectivity index (χ0) is 25.5. The Morgan fingerprint density at radius 1 is 1.11 bits per heavy atom. The molecule has 1 heterocycles. The Balaban J connectivity index is 0.000000383. The Morgan fingerprint density at radius 2 is 1.75 bits per heavy atom. The Morgan fingerprint density at radius 3 is 2.22 bits per heavy atom. The molecule has 0 aromatic heterocycles. The van der Waals surface area contributed by atoms with Gasteiger partial charge in [-0.25, -0.2) is 5.01 Å². The van der Waals surface area contributed by atoms with Gasteiger partial charge >= 0.3 is 33.0 Å². The average molecular weight is 618 g/mol. The number of rotatable bonds is 3. The van der Waals surface area contributed by atoms with E-state index in [2.05, 4.69) is 46.1 Å². The van der Waals surface area contributed by atoms with E-state index in [0.717, 1.165) is 17.0 Å². The molecule has 0 spiro atoms. The van der Waals surface area contributed by atoms with E-state index in [1.165, 1.54) is 20.3 Å². The summed E-state index contributed by atoms with van der Waals surface area (Å²) in [6, 6.07) is 14.4. The van der Waals surface area contributed by atoms with Crippen molar-refractivity contribution in [3.8, 4) is 11.5 Å². The normalized spacial score (nSPS) is 24.7. The number of aromatic hydroxyl groups is 1. The first-order valence-electron chi connectivity index (χ1n) is 11.2. The van der Waals surface area contributed by atoms with Crippen molar-refractivity contribution in [3.63, 3.8) is 0 Å². The van der Waals surface area contributed by atoms with Crippen LogP contribution in [0.15, 0.2) is 66.8 Å². The van der Waals surface area contributed by atoms with Gasteiger partial charge in [-0.2, -0.15) is 11.3 Å². The number of phenols is 1. The number of allylic oxidation sites excluding steroid dienone is 4. The van der Waals surface area contributed by atoms with Gasteiger partial charge in [0.05, 0.1) is 25.7 Å². The Labute approximate surface area is 229 Å². The van der Waals surface area contributed by atoms with Gasteiger partial charge in [0.25, 0.3) is 0 Å².